The molecule has 0 radical (unpaired) electrons. The number of ketones is 1. The number of rotatable bonds is 10. The lowest BCUT2D eigenvalue weighted by molar-refractivity contribution is -0.274. The fraction of sp³-hybridized carbons (Fsp3) is 0.211. The van der Waals surface area contributed by atoms with Crippen LogP contribution in [0.1, 0.15) is 10.4 Å². The van der Waals surface area contributed by atoms with Crippen LogP contribution in [0, 0.1) is 0 Å². The Labute approximate surface area is 187 Å². The second-order valence-corrected chi connectivity index (χ2v) is 7.92. The number of aliphatic carboxylic acids is 1. The molecular formula is C19H16F3NO7S2. The van der Waals surface area contributed by atoms with Crippen LogP contribution < -0.4 is 9.46 Å². The molecule has 2 aromatic rings. The number of hydrogen-bond donors (Lipinski definition) is 4. The first kappa shape index (κ1) is 25.5. The third-order valence-electron chi connectivity index (χ3n) is 3.69. The number of aliphatic hydroxyl groups excluding tert-OH is 2. The van der Waals surface area contributed by atoms with Crippen molar-refractivity contribution < 1.29 is 47.6 Å². The van der Waals surface area contributed by atoms with Gasteiger partial charge in [-0.05, 0) is 60.5 Å². The highest BCUT2D eigenvalue weighted by Crippen LogP contribution is 2.27. The molecule has 0 bridgehead atoms. The second-order valence-electron chi connectivity index (χ2n) is 6.06. The van der Waals surface area contributed by atoms with Gasteiger partial charge in [0.2, 0.25) is 5.12 Å². The number of anilines is 1. The smallest absolute Gasteiger partial charge is 0.479 e. The number of ether oxygens (including phenoxy) is 1. The van der Waals surface area contributed by atoms with Crippen molar-refractivity contribution >= 4 is 46.3 Å². The summed E-state index contributed by atoms with van der Waals surface area (Å²) in [5.74, 6) is -2.92. The minimum absolute atomic E-state index is 0.253. The molecule has 0 heterocycles. The van der Waals surface area contributed by atoms with Gasteiger partial charge in [-0.15, -0.1) is 13.2 Å². The summed E-state index contributed by atoms with van der Waals surface area (Å²) in [6.07, 6.45) is -9.19. The molecule has 32 heavy (non-hydrogen) atoms. The number of alkyl halides is 3. The van der Waals surface area contributed by atoms with Crippen molar-refractivity contribution in [2.75, 3.05) is 10.5 Å². The third-order valence-corrected chi connectivity index (χ3v) is 5.47. The molecule has 13 heteroatoms. The minimum Gasteiger partial charge on any atom is -0.479 e. The van der Waals surface area contributed by atoms with E-state index in [9.17, 15) is 32.7 Å². The van der Waals surface area contributed by atoms with Gasteiger partial charge >= 0.3 is 12.3 Å². The van der Waals surface area contributed by atoms with Crippen LogP contribution in [0.15, 0.2) is 53.4 Å². The topological polar surface area (TPSA) is 133 Å². The Hall–Kier alpha value is -2.74. The van der Waals surface area contributed by atoms with Gasteiger partial charge in [0.1, 0.15) is 5.75 Å². The highest BCUT2D eigenvalue weighted by molar-refractivity contribution is 8.14. The first-order valence-electron chi connectivity index (χ1n) is 8.64. The lowest BCUT2D eigenvalue weighted by atomic mass is 10.1. The van der Waals surface area contributed by atoms with Gasteiger partial charge in [-0.25, -0.2) is 4.79 Å². The molecule has 0 aliphatic carbocycles. The molecule has 0 fully saturated rings. The van der Waals surface area contributed by atoms with Gasteiger partial charge in [0.05, 0.1) is 5.75 Å². The van der Waals surface area contributed by atoms with Crippen molar-refractivity contribution in [3.05, 3.63) is 54.1 Å². The summed E-state index contributed by atoms with van der Waals surface area (Å²) in [6.45, 7) is 0. The number of halogens is 3. The summed E-state index contributed by atoms with van der Waals surface area (Å²) in [5, 5.41) is 26.1. The van der Waals surface area contributed by atoms with E-state index < -0.39 is 35.4 Å². The fourth-order valence-electron chi connectivity index (χ4n) is 2.12. The van der Waals surface area contributed by atoms with Gasteiger partial charge in [-0.3, -0.25) is 9.59 Å². The van der Waals surface area contributed by atoms with Crippen molar-refractivity contribution in [3.8, 4) is 5.75 Å². The highest BCUT2D eigenvalue weighted by Gasteiger charge is 2.31. The van der Waals surface area contributed by atoms with Gasteiger partial charge in [-0.1, -0.05) is 11.8 Å². The van der Waals surface area contributed by atoms with Crippen molar-refractivity contribution in [3.63, 3.8) is 0 Å². The zero-order valence-corrected chi connectivity index (χ0v) is 17.5. The number of carboxylic acid groups (broad SMARTS) is 1. The number of carboxylic acids is 1. The van der Waals surface area contributed by atoms with E-state index >= 15 is 0 Å². The number of carbonyl (C=O) groups is 3. The molecule has 2 atom stereocenters. The molecule has 8 nitrogen and oxygen atoms in total. The molecule has 2 rings (SSSR count). The molecule has 2 unspecified atom stereocenters. The lowest BCUT2D eigenvalue weighted by Crippen LogP contribution is -2.38. The van der Waals surface area contributed by atoms with Crippen molar-refractivity contribution in [2.24, 2.45) is 0 Å². The Balaban J connectivity index is 1.84. The van der Waals surface area contributed by atoms with Crippen molar-refractivity contribution in [1.29, 1.82) is 0 Å². The molecule has 4 N–H and O–H groups in total. The monoisotopic (exact) mass is 491 g/mol. The highest BCUT2D eigenvalue weighted by atomic mass is 32.2. The molecule has 2 aromatic carbocycles. The second kappa shape index (κ2) is 11.2. The quantitative estimate of drug-likeness (QED) is 0.290. The maximum Gasteiger partial charge on any atom is 0.573 e. The first-order chi connectivity index (χ1) is 15.0. The Kier molecular flexibility index (Phi) is 8.95. The summed E-state index contributed by atoms with van der Waals surface area (Å²) in [6, 6.07) is 11.3. The summed E-state index contributed by atoms with van der Waals surface area (Å²) in [5.41, 5.74) is 0.841. The van der Waals surface area contributed by atoms with Crippen LogP contribution in [0.5, 0.6) is 5.75 Å². The van der Waals surface area contributed by atoms with Crippen LogP contribution in [0.4, 0.5) is 18.9 Å². The largest absolute Gasteiger partial charge is 0.573 e. The number of benzene rings is 2. The average molecular weight is 491 g/mol. The van der Waals surface area contributed by atoms with Gasteiger partial charge in [0.15, 0.2) is 18.0 Å². The van der Waals surface area contributed by atoms with E-state index in [1.165, 1.54) is 36.4 Å². The summed E-state index contributed by atoms with van der Waals surface area (Å²) >= 11 is 1.50. The molecule has 0 aliphatic rings. The molecule has 0 amide bonds. The van der Waals surface area contributed by atoms with Crippen LogP contribution in [0.3, 0.4) is 0 Å². The summed E-state index contributed by atoms with van der Waals surface area (Å²) < 4.78 is 43.2. The van der Waals surface area contributed by atoms with E-state index in [2.05, 4.69) is 9.46 Å². The number of aliphatic hydroxyl groups is 2. The number of Topliss-reactive ketones (excluding diaryl/α,β-unsaturated/α-hetero) is 1. The Morgan fingerprint density at radius 1 is 0.969 bits per heavy atom. The molecule has 0 saturated heterocycles. The van der Waals surface area contributed by atoms with Gasteiger partial charge in [-0.2, -0.15) is 0 Å². The molecule has 172 valence electrons. The van der Waals surface area contributed by atoms with E-state index in [0.29, 0.717) is 22.3 Å². The van der Waals surface area contributed by atoms with Crippen LogP contribution >= 0.6 is 23.7 Å². The van der Waals surface area contributed by atoms with Crippen LogP contribution in [0.2, 0.25) is 0 Å². The number of thioether (sulfide) groups is 1. The summed E-state index contributed by atoms with van der Waals surface area (Å²) in [4.78, 5) is 35.0. The standard InChI is InChI=1S/C19H16F3NO7S2/c20-19(21,22)30-12-5-7-13(8-6-12)32-23-11-3-1-10(2-4-11)14(24)9-31-18(29)16(26)15(25)17(27)28/h1-8,15-16,23,25-26H,9H2,(H,27,28). The van der Waals surface area contributed by atoms with Gasteiger partial charge in [0, 0.05) is 16.1 Å². The number of carbonyl (C=O) groups excluding carboxylic acids is 2. The van der Waals surface area contributed by atoms with E-state index in [1.807, 2.05) is 0 Å². The third kappa shape index (κ3) is 8.07. The molecular weight excluding hydrogens is 475 g/mol. The first-order valence-corrected chi connectivity index (χ1v) is 10.4. The van der Waals surface area contributed by atoms with Crippen LogP contribution in [0.25, 0.3) is 0 Å². The Morgan fingerprint density at radius 3 is 2.09 bits per heavy atom. The van der Waals surface area contributed by atoms with E-state index in [1.54, 1.807) is 12.1 Å². The van der Waals surface area contributed by atoms with Gasteiger partial charge < -0.3 is 24.8 Å². The zero-order chi connectivity index (χ0) is 23.9. The maximum atomic E-state index is 12.2. The SMILES string of the molecule is O=C(CSC(=O)C(O)C(O)C(=O)O)c1ccc(NSc2ccc(OC(F)(F)F)cc2)cc1. The normalized spacial score (nSPS) is 13.2. The van der Waals surface area contributed by atoms with Crippen LogP contribution in [-0.4, -0.2) is 56.5 Å². The fourth-order valence-corrected chi connectivity index (χ4v) is 3.50. The lowest BCUT2D eigenvalue weighted by Gasteiger charge is -2.12. The number of hydrogen-bond acceptors (Lipinski definition) is 9. The van der Waals surface area contributed by atoms with Crippen molar-refractivity contribution in [2.45, 2.75) is 23.5 Å². The van der Waals surface area contributed by atoms with Crippen molar-refractivity contribution in [1.82, 2.24) is 0 Å². The zero-order valence-electron chi connectivity index (χ0n) is 15.9. The molecule has 0 aliphatic heterocycles. The minimum atomic E-state index is -4.77. The summed E-state index contributed by atoms with van der Waals surface area (Å²) in [7, 11) is 0. The van der Waals surface area contributed by atoms with E-state index in [4.69, 9.17) is 10.2 Å². The Morgan fingerprint density at radius 2 is 1.56 bits per heavy atom. The Bertz CT molecular complexity index is 953. The predicted octanol–water partition coefficient (Wildman–Crippen LogP) is 2.95. The van der Waals surface area contributed by atoms with E-state index in [0.717, 1.165) is 11.9 Å². The molecule has 0 spiro atoms. The maximum absolute atomic E-state index is 12.2. The van der Waals surface area contributed by atoms with Crippen LogP contribution in [-0.2, 0) is 9.59 Å². The van der Waals surface area contributed by atoms with Gasteiger partial charge in [0.25, 0.3) is 0 Å². The van der Waals surface area contributed by atoms with E-state index in [-0.39, 0.29) is 17.1 Å². The predicted molar refractivity (Wildman–Crippen MR) is 110 cm³/mol. The average Bonchev–Trinajstić information content (AvgIpc) is 2.74. The molecule has 0 saturated carbocycles. The number of nitrogens with one attached hydrogen (secondary N) is 1. The molecule has 0 aromatic heterocycles.